The highest BCUT2D eigenvalue weighted by Gasteiger charge is 2.13. The smallest absolute Gasteiger partial charge is 0.0510 e. The summed E-state index contributed by atoms with van der Waals surface area (Å²) in [5, 5.41) is 0. The van der Waals surface area contributed by atoms with Gasteiger partial charge in [0, 0.05) is 24.1 Å². The first-order valence-corrected chi connectivity index (χ1v) is 7.68. The van der Waals surface area contributed by atoms with Crippen LogP contribution in [0, 0.1) is 5.92 Å². The molecule has 1 rings (SSSR count). The minimum Gasteiger partial charge on any atom is -0.371 e. The van der Waals surface area contributed by atoms with E-state index in [1.807, 2.05) is 0 Å². The zero-order chi connectivity index (χ0) is 13.5. The lowest BCUT2D eigenvalue weighted by Crippen LogP contribution is -2.29. The molecule has 0 atom stereocenters. The molecule has 0 saturated heterocycles. The van der Waals surface area contributed by atoms with Crippen molar-refractivity contribution in [3.8, 4) is 0 Å². The largest absolute Gasteiger partial charge is 0.371 e. The van der Waals surface area contributed by atoms with Crippen LogP contribution in [0.4, 0.5) is 5.69 Å². The van der Waals surface area contributed by atoms with E-state index in [1.165, 1.54) is 24.1 Å². The van der Waals surface area contributed by atoms with Gasteiger partial charge < -0.3 is 10.6 Å². The van der Waals surface area contributed by atoms with Crippen molar-refractivity contribution in [2.24, 2.45) is 11.7 Å². The Labute approximate surface area is 120 Å². The van der Waals surface area contributed by atoms with Crippen molar-refractivity contribution < 1.29 is 0 Å². The van der Waals surface area contributed by atoms with Crippen molar-refractivity contribution in [2.75, 3.05) is 18.0 Å². The second kappa shape index (κ2) is 7.80. The molecule has 1 aromatic carbocycles. The van der Waals surface area contributed by atoms with Crippen LogP contribution in [0.5, 0.6) is 0 Å². The Kier molecular flexibility index (Phi) is 6.72. The summed E-state index contributed by atoms with van der Waals surface area (Å²) in [6, 6.07) is 6.43. The molecule has 102 valence electrons. The number of hydrogen-bond donors (Lipinski definition) is 1. The van der Waals surface area contributed by atoms with Crippen molar-refractivity contribution in [1.82, 2.24) is 0 Å². The van der Waals surface area contributed by atoms with Crippen molar-refractivity contribution in [2.45, 2.75) is 40.2 Å². The number of halogens is 1. The van der Waals surface area contributed by atoms with E-state index in [9.17, 15) is 0 Å². The minimum atomic E-state index is 0.595. The SMILES string of the molecule is CCC(CC)CN(CC)c1ccc(CN)cc1Br. The highest BCUT2D eigenvalue weighted by Crippen LogP contribution is 2.28. The molecule has 0 aromatic heterocycles. The molecule has 0 amide bonds. The third-order valence-corrected chi connectivity index (χ3v) is 4.24. The van der Waals surface area contributed by atoms with E-state index in [0.717, 1.165) is 23.5 Å². The van der Waals surface area contributed by atoms with Crippen molar-refractivity contribution >= 4 is 21.6 Å². The molecule has 0 aliphatic rings. The Balaban J connectivity index is 2.87. The van der Waals surface area contributed by atoms with Gasteiger partial charge in [-0.25, -0.2) is 0 Å². The molecule has 0 spiro atoms. The van der Waals surface area contributed by atoms with Gasteiger partial charge >= 0.3 is 0 Å². The van der Waals surface area contributed by atoms with Crippen LogP contribution in [0.3, 0.4) is 0 Å². The van der Waals surface area contributed by atoms with E-state index in [4.69, 9.17) is 5.73 Å². The summed E-state index contributed by atoms with van der Waals surface area (Å²) >= 11 is 3.67. The average molecular weight is 313 g/mol. The summed E-state index contributed by atoms with van der Waals surface area (Å²) < 4.78 is 1.15. The van der Waals surface area contributed by atoms with Gasteiger partial charge in [-0.3, -0.25) is 0 Å². The number of rotatable bonds is 7. The van der Waals surface area contributed by atoms with Crippen LogP contribution in [0.15, 0.2) is 22.7 Å². The van der Waals surface area contributed by atoms with Gasteiger partial charge in [0.25, 0.3) is 0 Å². The van der Waals surface area contributed by atoms with Crippen molar-refractivity contribution in [1.29, 1.82) is 0 Å². The summed E-state index contributed by atoms with van der Waals surface area (Å²) in [5.74, 6) is 0.769. The second-order valence-electron chi connectivity index (χ2n) is 4.71. The number of benzene rings is 1. The Morgan fingerprint density at radius 3 is 2.33 bits per heavy atom. The fourth-order valence-electron chi connectivity index (χ4n) is 2.19. The lowest BCUT2D eigenvalue weighted by molar-refractivity contribution is 0.486. The molecular formula is C15H25BrN2. The molecule has 0 unspecified atom stereocenters. The predicted molar refractivity (Wildman–Crippen MR) is 84.0 cm³/mol. The molecule has 2 nitrogen and oxygen atoms in total. The molecule has 0 bridgehead atoms. The molecule has 0 aliphatic heterocycles. The van der Waals surface area contributed by atoms with Crippen LogP contribution in [0.25, 0.3) is 0 Å². The predicted octanol–water partition coefficient (Wildman–Crippen LogP) is 4.17. The van der Waals surface area contributed by atoms with Gasteiger partial charge in [0.15, 0.2) is 0 Å². The molecule has 1 aromatic rings. The Morgan fingerprint density at radius 2 is 1.89 bits per heavy atom. The Bertz CT molecular complexity index is 362. The summed E-state index contributed by atoms with van der Waals surface area (Å²) in [7, 11) is 0. The number of nitrogens with two attached hydrogens (primary N) is 1. The molecular weight excluding hydrogens is 288 g/mol. The maximum absolute atomic E-state index is 5.67. The van der Waals surface area contributed by atoms with Crippen LogP contribution in [-0.2, 0) is 6.54 Å². The molecule has 3 heteroatoms. The molecule has 0 aliphatic carbocycles. The van der Waals surface area contributed by atoms with E-state index in [-0.39, 0.29) is 0 Å². The lowest BCUT2D eigenvalue weighted by Gasteiger charge is -2.28. The quantitative estimate of drug-likeness (QED) is 0.818. The zero-order valence-corrected chi connectivity index (χ0v) is 13.3. The van der Waals surface area contributed by atoms with Crippen LogP contribution in [-0.4, -0.2) is 13.1 Å². The maximum atomic E-state index is 5.67. The van der Waals surface area contributed by atoms with E-state index in [0.29, 0.717) is 6.54 Å². The van der Waals surface area contributed by atoms with Gasteiger partial charge in [0.2, 0.25) is 0 Å². The topological polar surface area (TPSA) is 29.3 Å². The molecule has 0 fully saturated rings. The summed E-state index contributed by atoms with van der Waals surface area (Å²) in [6.07, 6.45) is 2.48. The lowest BCUT2D eigenvalue weighted by atomic mass is 10.0. The molecule has 0 heterocycles. The molecule has 0 saturated carbocycles. The van der Waals surface area contributed by atoms with Gasteiger partial charge in [0.05, 0.1) is 5.69 Å². The molecule has 2 N–H and O–H groups in total. The highest BCUT2D eigenvalue weighted by atomic mass is 79.9. The minimum absolute atomic E-state index is 0.595. The zero-order valence-electron chi connectivity index (χ0n) is 11.7. The Hall–Kier alpha value is -0.540. The summed E-state index contributed by atoms with van der Waals surface area (Å²) in [5.41, 5.74) is 8.12. The van der Waals surface area contributed by atoms with Gasteiger partial charge in [-0.1, -0.05) is 32.8 Å². The van der Waals surface area contributed by atoms with E-state index < -0.39 is 0 Å². The second-order valence-corrected chi connectivity index (χ2v) is 5.57. The average Bonchev–Trinajstić information content (AvgIpc) is 2.41. The number of anilines is 1. The first-order chi connectivity index (χ1) is 8.65. The van der Waals surface area contributed by atoms with Crippen LogP contribution in [0.1, 0.15) is 39.2 Å². The van der Waals surface area contributed by atoms with Gasteiger partial charge in [-0.15, -0.1) is 0 Å². The van der Waals surface area contributed by atoms with E-state index >= 15 is 0 Å². The standard InChI is InChI=1S/C15H25BrN2/c1-4-12(5-2)11-18(6-3)15-8-7-13(10-17)9-14(15)16/h7-9,12H,4-6,10-11,17H2,1-3H3. The van der Waals surface area contributed by atoms with Crippen molar-refractivity contribution in [3.05, 3.63) is 28.2 Å². The molecule has 0 radical (unpaired) electrons. The summed E-state index contributed by atoms with van der Waals surface area (Å²) in [4.78, 5) is 2.45. The monoisotopic (exact) mass is 312 g/mol. The molecule has 18 heavy (non-hydrogen) atoms. The Morgan fingerprint density at radius 1 is 1.22 bits per heavy atom. The van der Waals surface area contributed by atoms with Gasteiger partial charge in [-0.2, -0.15) is 0 Å². The van der Waals surface area contributed by atoms with Gasteiger partial charge in [0.1, 0.15) is 0 Å². The van der Waals surface area contributed by atoms with Crippen LogP contribution < -0.4 is 10.6 Å². The van der Waals surface area contributed by atoms with Crippen molar-refractivity contribution in [3.63, 3.8) is 0 Å². The summed E-state index contributed by atoms with van der Waals surface area (Å²) in [6.45, 7) is 9.52. The number of nitrogens with zero attached hydrogens (tertiary/aromatic N) is 1. The van der Waals surface area contributed by atoms with E-state index in [2.05, 4.69) is 59.8 Å². The fraction of sp³-hybridized carbons (Fsp3) is 0.600. The first-order valence-electron chi connectivity index (χ1n) is 6.89. The number of hydrogen-bond acceptors (Lipinski definition) is 2. The van der Waals surface area contributed by atoms with Gasteiger partial charge in [-0.05, 0) is 46.5 Å². The normalized spacial score (nSPS) is 11.0. The fourth-order valence-corrected chi connectivity index (χ4v) is 2.87. The van der Waals surface area contributed by atoms with Crippen LogP contribution >= 0.6 is 15.9 Å². The maximum Gasteiger partial charge on any atom is 0.0510 e. The van der Waals surface area contributed by atoms with E-state index in [1.54, 1.807) is 0 Å². The first kappa shape index (κ1) is 15.5. The van der Waals surface area contributed by atoms with Crippen LogP contribution in [0.2, 0.25) is 0 Å². The third kappa shape index (κ3) is 3.99. The third-order valence-electron chi connectivity index (χ3n) is 3.60. The highest BCUT2D eigenvalue weighted by molar-refractivity contribution is 9.10.